The molecule has 4 heteroatoms. The first-order chi connectivity index (χ1) is 9.70. The van der Waals surface area contributed by atoms with Crippen molar-refractivity contribution in [1.29, 1.82) is 0 Å². The van der Waals surface area contributed by atoms with Crippen molar-refractivity contribution in [1.82, 2.24) is 9.55 Å². The molecule has 0 aliphatic carbocycles. The number of hydrogen-bond donors (Lipinski definition) is 0. The van der Waals surface area contributed by atoms with Gasteiger partial charge in [0.25, 0.3) is 0 Å². The molecule has 0 aliphatic rings. The van der Waals surface area contributed by atoms with E-state index in [9.17, 15) is 4.79 Å². The van der Waals surface area contributed by atoms with Crippen LogP contribution in [-0.4, -0.2) is 22.6 Å². The van der Waals surface area contributed by atoms with Crippen LogP contribution in [0.4, 0.5) is 0 Å². The second kappa shape index (κ2) is 4.81. The van der Waals surface area contributed by atoms with Crippen molar-refractivity contribution < 1.29 is 9.53 Å². The van der Waals surface area contributed by atoms with Gasteiger partial charge in [-0.25, -0.2) is 4.79 Å². The first kappa shape index (κ1) is 12.4. The molecule has 2 aromatic heterocycles. The molecular formula is C16H14N2O2. The molecule has 0 amide bonds. The van der Waals surface area contributed by atoms with Crippen LogP contribution in [0.25, 0.3) is 16.6 Å². The van der Waals surface area contributed by atoms with Gasteiger partial charge in [-0.2, -0.15) is 0 Å². The smallest absolute Gasteiger partial charge is 0.339 e. The van der Waals surface area contributed by atoms with Crippen molar-refractivity contribution in [3.05, 3.63) is 60.0 Å². The normalized spacial score (nSPS) is 10.7. The number of carbonyl (C=O) groups is 1. The van der Waals surface area contributed by atoms with Crippen molar-refractivity contribution in [2.45, 2.75) is 6.92 Å². The number of esters is 1. The lowest BCUT2D eigenvalue weighted by Crippen LogP contribution is -2.01. The van der Waals surface area contributed by atoms with E-state index in [-0.39, 0.29) is 5.97 Å². The van der Waals surface area contributed by atoms with E-state index in [2.05, 4.69) is 4.98 Å². The van der Waals surface area contributed by atoms with Crippen LogP contribution in [0.15, 0.2) is 48.9 Å². The Morgan fingerprint density at radius 2 is 2.05 bits per heavy atom. The van der Waals surface area contributed by atoms with Crippen LogP contribution in [0, 0.1) is 6.92 Å². The first-order valence-corrected chi connectivity index (χ1v) is 6.32. The molecule has 20 heavy (non-hydrogen) atoms. The average molecular weight is 266 g/mol. The maximum atomic E-state index is 11.7. The number of rotatable bonds is 2. The summed E-state index contributed by atoms with van der Waals surface area (Å²) in [6.45, 7) is 1.89. The van der Waals surface area contributed by atoms with E-state index in [1.54, 1.807) is 12.4 Å². The van der Waals surface area contributed by atoms with Gasteiger partial charge in [-0.05, 0) is 36.8 Å². The second-order valence-corrected chi connectivity index (χ2v) is 4.60. The van der Waals surface area contributed by atoms with Crippen molar-refractivity contribution in [2.75, 3.05) is 7.11 Å². The Morgan fingerprint density at radius 1 is 1.20 bits per heavy atom. The second-order valence-electron chi connectivity index (χ2n) is 4.60. The van der Waals surface area contributed by atoms with E-state index in [0.29, 0.717) is 5.56 Å². The van der Waals surface area contributed by atoms with Crippen molar-refractivity contribution in [3.8, 4) is 5.69 Å². The highest BCUT2D eigenvalue weighted by Gasteiger charge is 2.13. The van der Waals surface area contributed by atoms with Gasteiger partial charge < -0.3 is 9.30 Å². The topological polar surface area (TPSA) is 44.1 Å². The molecule has 0 N–H and O–H groups in total. The third-order valence-corrected chi connectivity index (χ3v) is 3.33. The number of aryl methyl sites for hydroxylation is 1. The molecule has 0 bridgehead atoms. The van der Waals surface area contributed by atoms with E-state index in [1.165, 1.54) is 7.11 Å². The van der Waals surface area contributed by atoms with E-state index >= 15 is 0 Å². The zero-order valence-electron chi connectivity index (χ0n) is 11.3. The highest BCUT2D eigenvalue weighted by Crippen LogP contribution is 2.23. The van der Waals surface area contributed by atoms with Gasteiger partial charge in [0, 0.05) is 24.0 Å². The minimum absolute atomic E-state index is 0.320. The maximum absolute atomic E-state index is 11.7. The Labute approximate surface area is 116 Å². The zero-order valence-corrected chi connectivity index (χ0v) is 11.3. The highest BCUT2D eigenvalue weighted by molar-refractivity contribution is 5.92. The summed E-state index contributed by atoms with van der Waals surface area (Å²) >= 11 is 0. The molecule has 3 aromatic rings. The third-order valence-electron chi connectivity index (χ3n) is 3.33. The zero-order chi connectivity index (χ0) is 14.1. The summed E-state index contributed by atoms with van der Waals surface area (Å²) < 4.78 is 6.73. The molecule has 1 aromatic carbocycles. The summed E-state index contributed by atoms with van der Waals surface area (Å²) in [6.07, 6.45) is 5.49. The van der Waals surface area contributed by atoms with Gasteiger partial charge in [-0.3, -0.25) is 4.98 Å². The number of aromatic nitrogens is 2. The minimum atomic E-state index is -0.320. The molecule has 0 spiro atoms. The van der Waals surface area contributed by atoms with Crippen LogP contribution < -0.4 is 0 Å². The molecule has 0 aliphatic heterocycles. The van der Waals surface area contributed by atoms with Crippen LogP contribution >= 0.6 is 0 Å². The van der Waals surface area contributed by atoms with Crippen LogP contribution in [0.3, 0.4) is 0 Å². The van der Waals surface area contributed by atoms with Crippen molar-refractivity contribution >= 4 is 16.9 Å². The quantitative estimate of drug-likeness (QED) is 0.669. The Balaban J connectivity index is 2.19. The standard InChI is InChI=1S/C16H14N2O2/c1-11-9-18(10-13(11)16(19)20-2)15-7-3-6-14-12(15)5-4-8-17-14/h3-10H,1-2H3. The van der Waals surface area contributed by atoms with Gasteiger partial charge in [0.1, 0.15) is 0 Å². The van der Waals surface area contributed by atoms with Crippen molar-refractivity contribution in [3.63, 3.8) is 0 Å². The van der Waals surface area contributed by atoms with Gasteiger partial charge in [-0.1, -0.05) is 6.07 Å². The predicted octanol–water partition coefficient (Wildman–Crippen LogP) is 3.12. The Kier molecular flexibility index (Phi) is 2.99. The number of carbonyl (C=O) groups excluding carboxylic acids is 1. The van der Waals surface area contributed by atoms with E-state index < -0.39 is 0 Å². The minimum Gasteiger partial charge on any atom is -0.465 e. The number of nitrogens with zero attached hydrogens (tertiary/aromatic N) is 2. The number of fused-ring (bicyclic) bond motifs is 1. The number of ether oxygens (including phenoxy) is 1. The molecule has 0 radical (unpaired) electrons. The van der Waals surface area contributed by atoms with Gasteiger partial charge in [-0.15, -0.1) is 0 Å². The fourth-order valence-corrected chi connectivity index (χ4v) is 2.33. The molecule has 100 valence electrons. The average Bonchev–Trinajstić information content (AvgIpc) is 2.87. The van der Waals surface area contributed by atoms with Gasteiger partial charge >= 0.3 is 5.97 Å². The molecule has 3 rings (SSSR count). The van der Waals surface area contributed by atoms with Gasteiger partial charge in [0.2, 0.25) is 0 Å². The fourth-order valence-electron chi connectivity index (χ4n) is 2.33. The number of methoxy groups -OCH3 is 1. The summed E-state index contributed by atoms with van der Waals surface area (Å²) in [7, 11) is 1.39. The summed E-state index contributed by atoms with van der Waals surface area (Å²) in [5.41, 5.74) is 3.39. The Hall–Kier alpha value is -2.62. The largest absolute Gasteiger partial charge is 0.465 e. The van der Waals surface area contributed by atoms with Crippen LogP contribution in [0.2, 0.25) is 0 Å². The highest BCUT2D eigenvalue weighted by atomic mass is 16.5. The van der Waals surface area contributed by atoms with E-state index in [4.69, 9.17) is 4.74 Å². The molecule has 0 saturated carbocycles. The lowest BCUT2D eigenvalue weighted by atomic mass is 10.2. The SMILES string of the molecule is COC(=O)c1cn(-c2cccc3ncccc23)cc1C. The lowest BCUT2D eigenvalue weighted by molar-refractivity contribution is 0.0600. The number of pyridine rings is 1. The molecule has 0 atom stereocenters. The van der Waals surface area contributed by atoms with E-state index in [1.807, 2.05) is 48.0 Å². The monoisotopic (exact) mass is 266 g/mol. The number of benzene rings is 1. The summed E-state index contributed by atoms with van der Waals surface area (Å²) in [5, 5.41) is 1.04. The molecule has 0 unspecified atom stereocenters. The molecule has 2 heterocycles. The molecule has 4 nitrogen and oxygen atoms in total. The maximum Gasteiger partial charge on any atom is 0.339 e. The Bertz CT molecular complexity index is 785. The molecule has 0 fully saturated rings. The predicted molar refractivity (Wildman–Crippen MR) is 77.1 cm³/mol. The van der Waals surface area contributed by atoms with E-state index in [0.717, 1.165) is 22.2 Å². The third kappa shape index (κ3) is 1.95. The van der Waals surface area contributed by atoms with Gasteiger partial charge in [0.15, 0.2) is 0 Å². The fraction of sp³-hybridized carbons (Fsp3) is 0.125. The van der Waals surface area contributed by atoms with Crippen molar-refractivity contribution in [2.24, 2.45) is 0 Å². The Morgan fingerprint density at radius 3 is 2.85 bits per heavy atom. The van der Waals surface area contributed by atoms with Crippen LogP contribution in [-0.2, 0) is 4.74 Å². The van der Waals surface area contributed by atoms with Crippen LogP contribution in [0.5, 0.6) is 0 Å². The van der Waals surface area contributed by atoms with Crippen LogP contribution in [0.1, 0.15) is 15.9 Å². The summed E-state index contributed by atoms with van der Waals surface area (Å²) in [6, 6.07) is 9.85. The summed E-state index contributed by atoms with van der Waals surface area (Å²) in [4.78, 5) is 16.0. The summed E-state index contributed by atoms with van der Waals surface area (Å²) in [5.74, 6) is -0.320. The first-order valence-electron chi connectivity index (χ1n) is 6.32. The lowest BCUT2D eigenvalue weighted by Gasteiger charge is -2.06. The van der Waals surface area contributed by atoms with Gasteiger partial charge in [0.05, 0.1) is 23.9 Å². The number of hydrogen-bond acceptors (Lipinski definition) is 3. The molecular weight excluding hydrogens is 252 g/mol. The molecule has 0 saturated heterocycles.